The highest BCUT2D eigenvalue weighted by molar-refractivity contribution is 5.57. The number of ether oxygens (including phenoxy) is 1. The summed E-state index contributed by atoms with van der Waals surface area (Å²) in [5.41, 5.74) is 2.21. The Kier molecular flexibility index (Phi) is 4.73. The Morgan fingerprint density at radius 2 is 2.00 bits per heavy atom. The summed E-state index contributed by atoms with van der Waals surface area (Å²) in [7, 11) is 0. The first kappa shape index (κ1) is 13.8. The monoisotopic (exact) mass is 234 g/mol. The third-order valence-corrected chi connectivity index (χ3v) is 3.10. The molecule has 1 aromatic carbocycles. The van der Waals surface area contributed by atoms with Crippen molar-refractivity contribution in [2.24, 2.45) is 5.41 Å². The molecule has 0 atom stereocenters. The summed E-state index contributed by atoms with van der Waals surface area (Å²) in [6.45, 7) is 8.73. The number of carbonyl (C=O) groups is 1. The molecule has 1 rings (SSSR count). The molecule has 0 heterocycles. The van der Waals surface area contributed by atoms with E-state index in [4.69, 9.17) is 4.74 Å². The van der Waals surface area contributed by atoms with Gasteiger partial charge in [-0.2, -0.15) is 0 Å². The molecule has 0 saturated carbocycles. The van der Waals surface area contributed by atoms with Crippen LogP contribution in [0.4, 0.5) is 0 Å². The third kappa shape index (κ3) is 4.22. The van der Waals surface area contributed by atoms with Crippen LogP contribution in [0.25, 0.3) is 0 Å². The SMILES string of the molecule is Cc1cccc(OCCCC(C)(C)C=O)c1C. The van der Waals surface area contributed by atoms with Crippen LogP contribution in [0.2, 0.25) is 0 Å². The van der Waals surface area contributed by atoms with Gasteiger partial charge in [0.05, 0.1) is 6.61 Å². The average molecular weight is 234 g/mol. The molecule has 2 nitrogen and oxygen atoms in total. The van der Waals surface area contributed by atoms with Gasteiger partial charge in [0.2, 0.25) is 0 Å². The number of hydrogen-bond acceptors (Lipinski definition) is 2. The molecule has 0 bridgehead atoms. The molecule has 0 saturated heterocycles. The van der Waals surface area contributed by atoms with Crippen LogP contribution in [0.15, 0.2) is 18.2 Å². The molecule has 0 aromatic heterocycles. The van der Waals surface area contributed by atoms with E-state index in [1.54, 1.807) is 0 Å². The predicted molar refractivity (Wildman–Crippen MR) is 70.5 cm³/mol. The molecule has 0 unspecified atom stereocenters. The first-order chi connectivity index (χ1) is 7.96. The highest BCUT2D eigenvalue weighted by Gasteiger charge is 2.15. The summed E-state index contributed by atoms with van der Waals surface area (Å²) in [5.74, 6) is 0.953. The summed E-state index contributed by atoms with van der Waals surface area (Å²) in [5, 5.41) is 0. The molecule has 0 aliphatic rings. The highest BCUT2D eigenvalue weighted by Crippen LogP contribution is 2.22. The van der Waals surface area contributed by atoms with E-state index in [9.17, 15) is 4.79 Å². The minimum absolute atomic E-state index is 0.231. The lowest BCUT2D eigenvalue weighted by Crippen LogP contribution is -2.14. The number of hydrogen-bond donors (Lipinski definition) is 0. The Balaban J connectivity index is 2.42. The van der Waals surface area contributed by atoms with E-state index in [2.05, 4.69) is 19.9 Å². The number of aldehydes is 1. The van der Waals surface area contributed by atoms with Gasteiger partial charge in [-0.1, -0.05) is 26.0 Å². The molecule has 1 aromatic rings. The van der Waals surface area contributed by atoms with Gasteiger partial charge in [0.1, 0.15) is 12.0 Å². The maximum absolute atomic E-state index is 10.7. The number of carbonyl (C=O) groups excluding carboxylic acids is 1. The van der Waals surface area contributed by atoms with Crippen molar-refractivity contribution >= 4 is 6.29 Å². The van der Waals surface area contributed by atoms with E-state index in [0.29, 0.717) is 6.61 Å². The summed E-state index contributed by atoms with van der Waals surface area (Å²) >= 11 is 0. The van der Waals surface area contributed by atoms with Crippen molar-refractivity contribution in [2.45, 2.75) is 40.5 Å². The van der Waals surface area contributed by atoms with E-state index >= 15 is 0 Å². The second kappa shape index (κ2) is 5.85. The second-order valence-corrected chi connectivity index (χ2v) is 5.26. The fourth-order valence-corrected chi connectivity index (χ4v) is 1.65. The molecule has 0 fully saturated rings. The molecular formula is C15H22O2. The van der Waals surface area contributed by atoms with Crippen LogP contribution >= 0.6 is 0 Å². The second-order valence-electron chi connectivity index (χ2n) is 5.26. The molecule has 0 N–H and O–H groups in total. The molecule has 0 amide bonds. The zero-order valence-electron chi connectivity index (χ0n) is 11.2. The zero-order valence-corrected chi connectivity index (χ0v) is 11.2. The topological polar surface area (TPSA) is 26.3 Å². The van der Waals surface area contributed by atoms with Crippen LogP contribution in [0.3, 0.4) is 0 Å². The molecule has 0 aliphatic carbocycles. The Labute approximate surface area is 104 Å². The standard InChI is InChI=1S/C15H22O2/c1-12-7-5-8-14(13(12)2)17-10-6-9-15(3,4)11-16/h5,7-8,11H,6,9-10H2,1-4H3. The lowest BCUT2D eigenvalue weighted by Gasteiger charge is -2.17. The van der Waals surface area contributed by atoms with Crippen molar-refractivity contribution in [3.8, 4) is 5.75 Å². The Bertz CT molecular complexity index is 381. The lowest BCUT2D eigenvalue weighted by molar-refractivity contribution is -0.115. The van der Waals surface area contributed by atoms with Gasteiger partial charge in [-0.05, 0) is 43.9 Å². The maximum Gasteiger partial charge on any atom is 0.125 e. The van der Waals surface area contributed by atoms with Gasteiger partial charge in [-0.15, -0.1) is 0 Å². The first-order valence-corrected chi connectivity index (χ1v) is 6.11. The zero-order chi connectivity index (χ0) is 12.9. The molecule has 0 radical (unpaired) electrons. The van der Waals surface area contributed by atoms with Crippen molar-refractivity contribution in [3.63, 3.8) is 0 Å². The fraction of sp³-hybridized carbons (Fsp3) is 0.533. The normalized spacial score (nSPS) is 11.3. The largest absolute Gasteiger partial charge is 0.493 e. The fourth-order valence-electron chi connectivity index (χ4n) is 1.65. The van der Waals surface area contributed by atoms with Gasteiger partial charge in [-0.3, -0.25) is 0 Å². The summed E-state index contributed by atoms with van der Waals surface area (Å²) in [4.78, 5) is 10.7. The minimum Gasteiger partial charge on any atom is -0.493 e. The van der Waals surface area contributed by atoms with Crippen LogP contribution in [0, 0.1) is 19.3 Å². The quantitative estimate of drug-likeness (QED) is 0.554. The van der Waals surface area contributed by atoms with Crippen LogP contribution in [0.5, 0.6) is 5.75 Å². The van der Waals surface area contributed by atoms with Gasteiger partial charge >= 0.3 is 0 Å². The van der Waals surface area contributed by atoms with E-state index in [1.807, 2.05) is 26.0 Å². The van der Waals surface area contributed by atoms with E-state index in [1.165, 1.54) is 11.1 Å². The first-order valence-electron chi connectivity index (χ1n) is 6.11. The van der Waals surface area contributed by atoms with Crippen molar-refractivity contribution in [1.82, 2.24) is 0 Å². The van der Waals surface area contributed by atoms with E-state index < -0.39 is 0 Å². The van der Waals surface area contributed by atoms with Gasteiger partial charge in [-0.25, -0.2) is 0 Å². The predicted octanol–water partition coefficient (Wildman–Crippen LogP) is 3.69. The van der Waals surface area contributed by atoms with Crippen molar-refractivity contribution < 1.29 is 9.53 Å². The third-order valence-electron chi connectivity index (χ3n) is 3.10. The highest BCUT2D eigenvalue weighted by atomic mass is 16.5. The summed E-state index contributed by atoms with van der Waals surface area (Å²) in [6, 6.07) is 6.08. The Morgan fingerprint density at radius 1 is 1.29 bits per heavy atom. The molecule has 0 spiro atoms. The van der Waals surface area contributed by atoms with Crippen molar-refractivity contribution in [1.29, 1.82) is 0 Å². The van der Waals surface area contributed by atoms with E-state index in [-0.39, 0.29) is 5.41 Å². The average Bonchev–Trinajstić information content (AvgIpc) is 2.30. The van der Waals surface area contributed by atoms with Crippen LogP contribution < -0.4 is 4.74 Å². The summed E-state index contributed by atoms with van der Waals surface area (Å²) < 4.78 is 5.74. The van der Waals surface area contributed by atoms with E-state index in [0.717, 1.165) is 24.9 Å². The van der Waals surface area contributed by atoms with Crippen LogP contribution in [-0.4, -0.2) is 12.9 Å². The number of aryl methyl sites for hydroxylation is 1. The van der Waals surface area contributed by atoms with Crippen LogP contribution in [-0.2, 0) is 4.79 Å². The molecule has 94 valence electrons. The van der Waals surface area contributed by atoms with Gasteiger partial charge in [0.25, 0.3) is 0 Å². The minimum atomic E-state index is -0.231. The van der Waals surface area contributed by atoms with Crippen LogP contribution in [0.1, 0.15) is 37.8 Å². The summed E-state index contributed by atoms with van der Waals surface area (Å²) in [6.07, 6.45) is 2.78. The smallest absolute Gasteiger partial charge is 0.125 e. The number of benzene rings is 1. The van der Waals surface area contributed by atoms with Gasteiger partial charge < -0.3 is 9.53 Å². The van der Waals surface area contributed by atoms with Gasteiger partial charge in [0.15, 0.2) is 0 Å². The Morgan fingerprint density at radius 3 is 2.65 bits per heavy atom. The molecule has 2 heteroatoms. The molecule has 17 heavy (non-hydrogen) atoms. The van der Waals surface area contributed by atoms with Crippen molar-refractivity contribution in [3.05, 3.63) is 29.3 Å². The Hall–Kier alpha value is -1.31. The lowest BCUT2D eigenvalue weighted by atomic mass is 9.90. The van der Waals surface area contributed by atoms with Gasteiger partial charge in [0, 0.05) is 5.41 Å². The van der Waals surface area contributed by atoms with Crippen molar-refractivity contribution in [2.75, 3.05) is 6.61 Å². The number of rotatable bonds is 6. The molecular weight excluding hydrogens is 212 g/mol. The molecule has 0 aliphatic heterocycles. The maximum atomic E-state index is 10.7.